The summed E-state index contributed by atoms with van der Waals surface area (Å²) in [6, 6.07) is 13.5. The van der Waals surface area contributed by atoms with Crippen molar-refractivity contribution in [3.05, 3.63) is 63.6 Å². The van der Waals surface area contributed by atoms with Crippen molar-refractivity contribution in [2.45, 2.75) is 44.3 Å². The average Bonchev–Trinajstić information content (AvgIpc) is 2.65. The van der Waals surface area contributed by atoms with E-state index in [-0.39, 0.29) is 18.1 Å². The quantitative estimate of drug-likeness (QED) is 0.710. The molecule has 0 saturated heterocycles. The number of halogens is 2. The molecule has 1 N–H and O–H groups in total. The maximum absolute atomic E-state index is 13.3. The molecular weight excluding hydrogens is 355 g/mol. The van der Waals surface area contributed by atoms with Crippen LogP contribution >= 0.6 is 23.2 Å². The Morgan fingerprint density at radius 3 is 2.52 bits per heavy atom. The van der Waals surface area contributed by atoms with Gasteiger partial charge in [-0.2, -0.15) is 0 Å². The van der Waals surface area contributed by atoms with Gasteiger partial charge < -0.3 is 10.2 Å². The largest absolute Gasteiger partial charge is 0.361 e. The smallest absolute Gasteiger partial charge is 0.258 e. The summed E-state index contributed by atoms with van der Waals surface area (Å²) in [6.45, 7) is 0. The van der Waals surface area contributed by atoms with Gasteiger partial charge in [0.1, 0.15) is 6.17 Å². The van der Waals surface area contributed by atoms with Crippen molar-refractivity contribution < 1.29 is 4.79 Å². The lowest BCUT2D eigenvalue weighted by molar-refractivity contribution is 0.0524. The van der Waals surface area contributed by atoms with Crippen LogP contribution in [0.25, 0.3) is 0 Å². The van der Waals surface area contributed by atoms with E-state index < -0.39 is 0 Å². The third-order valence-corrected chi connectivity index (χ3v) is 6.04. The minimum atomic E-state index is -0.295. The first kappa shape index (κ1) is 16.7. The summed E-state index contributed by atoms with van der Waals surface area (Å²) < 4.78 is 0. The van der Waals surface area contributed by atoms with E-state index >= 15 is 0 Å². The Bertz CT molecular complexity index is 802. The van der Waals surface area contributed by atoms with Crippen LogP contribution in [-0.2, 0) is 0 Å². The summed E-state index contributed by atoms with van der Waals surface area (Å²) in [5.41, 5.74) is 2.42. The average molecular weight is 375 g/mol. The highest BCUT2D eigenvalue weighted by Gasteiger charge is 2.38. The van der Waals surface area contributed by atoms with E-state index in [2.05, 4.69) is 5.32 Å². The molecular formula is C20H20Cl2N2O. The third-order valence-electron chi connectivity index (χ3n) is 5.21. The van der Waals surface area contributed by atoms with Gasteiger partial charge in [0.25, 0.3) is 5.91 Å². The van der Waals surface area contributed by atoms with Gasteiger partial charge in [-0.25, -0.2) is 0 Å². The van der Waals surface area contributed by atoms with E-state index in [1.807, 2.05) is 41.3 Å². The molecule has 130 valence electrons. The normalized spacial score (nSPS) is 21.0. The molecule has 2 aromatic carbocycles. The standard InChI is InChI=1S/C20H20Cl2N2O/c21-16-11-6-10-15(18(16)22)19-23-17-12-5-4-9-14(17)20(25)24(19)13-7-2-1-3-8-13/h4-6,9-13,19,23H,1-3,7-8H2/t19-/m1/s1. The number of fused-ring (bicyclic) bond motifs is 1. The third kappa shape index (κ3) is 3.00. The fourth-order valence-electron chi connectivity index (χ4n) is 3.96. The molecule has 1 atom stereocenters. The Kier molecular flexibility index (Phi) is 4.61. The van der Waals surface area contributed by atoms with Crippen LogP contribution in [0.1, 0.15) is 54.2 Å². The number of hydrogen-bond acceptors (Lipinski definition) is 2. The molecule has 1 saturated carbocycles. The second-order valence-corrected chi connectivity index (χ2v) is 7.52. The van der Waals surface area contributed by atoms with Crippen LogP contribution in [0, 0.1) is 0 Å². The maximum atomic E-state index is 13.3. The van der Waals surface area contributed by atoms with Crippen molar-refractivity contribution in [3.63, 3.8) is 0 Å². The van der Waals surface area contributed by atoms with Crippen molar-refractivity contribution in [1.82, 2.24) is 4.90 Å². The molecule has 0 spiro atoms. The summed E-state index contributed by atoms with van der Waals surface area (Å²) in [6.07, 6.45) is 5.33. The fourth-order valence-corrected chi connectivity index (χ4v) is 4.37. The first-order valence-electron chi connectivity index (χ1n) is 8.79. The van der Waals surface area contributed by atoms with Crippen LogP contribution in [0.2, 0.25) is 10.0 Å². The Balaban J connectivity index is 1.81. The molecule has 5 heteroatoms. The van der Waals surface area contributed by atoms with Gasteiger partial charge in [0, 0.05) is 17.3 Å². The first-order chi connectivity index (χ1) is 12.2. The number of hydrogen-bond donors (Lipinski definition) is 1. The van der Waals surface area contributed by atoms with E-state index in [9.17, 15) is 4.79 Å². The molecule has 1 fully saturated rings. The van der Waals surface area contributed by atoms with Gasteiger partial charge in [-0.3, -0.25) is 4.79 Å². The summed E-state index contributed by atoms with van der Waals surface area (Å²) >= 11 is 12.7. The number of nitrogens with zero attached hydrogens (tertiary/aromatic N) is 1. The van der Waals surface area contributed by atoms with E-state index in [0.29, 0.717) is 10.0 Å². The van der Waals surface area contributed by atoms with Gasteiger partial charge >= 0.3 is 0 Å². The predicted molar refractivity (Wildman–Crippen MR) is 102 cm³/mol. The number of benzene rings is 2. The molecule has 0 radical (unpaired) electrons. The number of anilines is 1. The second kappa shape index (κ2) is 6.89. The second-order valence-electron chi connectivity index (χ2n) is 6.74. The topological polar surface area (TPSA) is 32.3 Å². The minimum Gasteiger partial charge on any atom is -0.361 e. The summed E-state index contributed by atoms with van der Waals surface area (Å²) in [5.74, 6) is 0.0716. The number of carbonyl (C=O) groups is 1. The number of carbonyl (C=O) groups excluding carboxylic acids is 1. The van der Waals surface area contributed by atoms with Crippen LogP contribution in [-0.4, -0.2) is 16.8 Å². The lowest BCUT2D eigenvalue weighted by Crippen LogP contribution is -2.49. The van der Waals surface area contributed by atoms with Crippen molar-refractivity contribution >= 4 is 34.8 Å². The molecule has 4 rings (SSSR count). The fraction of sp³-hybridized carbons (Fsp3) is 0.350. The Morgan fingerprint density at radius 1 is 0.960 bits per heavy atom. The molecule has 0 unspecified atom stereocenters. The van der Waals surface area contributed by atoms with Crippen LogP contribution in [0.15, 0.2) is 42.5 Å². The molecule has 2 aromatic rings. The Morgan fingerprint density at radius 2 is 1.72 bits per heavy atom. The van der Waals surface area contributed by atoms with Gasteiger partial charge in [0.2, 0.25) is 0 Å². The molecule has 0 bridgehead atoms. The van der Waals surface area contributed by atoms with Crippen molar-refractivity contribution in [2.24, 2.45) is 0 Å². The molecule has 1 aliphatic heterocycles. The molecule has 3 nitrogen and oxygen atoms in total. The van der Waals surface area contributed by atoms with Gasteiger partial charge in [-0.1, -0.05) is 66.7 Å². The van der Waals surface area contributed by atoms with Gasteiger partial charge in [-0.05, 0) is 31.0 Å². The minimum absolute atomic E-state index is 0.0716. The number of rotatable bonds is 2. The highest BCUT2D eigenvalue weighted by atomic mass is 35.5. The highest BCUT2D eigenvalue weighted by Crippen LogP contribution is 2.41. The molecule has 0 aromatic heterocycles. The lowest BCUT2D eigenvalue weighted by Gasteiger charge is -2.44. The summed E-state index contributed by atoms with van der Waals surface area (Å²) in [4.78, 5) is 15.3. The van der Waals surface area contributed by atoms with E-state index in [1.54, 1.807) is 6.07 Å². The number of nitrogens with one attached hydrogen (secondary N) is 1. The molecule has 1 amide bonds. The van der Waals surface area contributed by atoms with Crippen LogP contribution in [0.5, 0.6) is 0 Å². The predicted octanol–water partition coefficient (Wildman–Crippen LogP) is 5.89. The first-order valence-corrected chi connectivity index (χ1v) is 9.54. The number of amides is 1. The Hall–Kier alpha value is -1.71. The molecule has 25 heavy (non-hydrogen) atoms. The van der Waals surface area contributed by atoms with Crippen molar-refractivity contribution in [2.75, 3.05) is 5.32 Å². The van der Waals surface area contributed by atoms with Gasteiger partial charge in [-0.15, -0.1) is 0 Å². The zero-order chi connectivity index (χ0) is 17.4. The SMILES string of the molecule is O=C1c2ccccc2N[C@@H](c2cccc(Cl)c2Cl)N1C1CCCCC1. The van der Waals surface area contributed by atoms with E-state index in [1.165, 1.54) is 6.42 Å². The van der Waals surface area contributed by atoms with E-state index in [4.69, 9.17) is 23.2 Å². The monoisotopic (exact) mass is 374 g/mol. The van der Waals surface area contributed by atoms with Crippen LogP contribution < -0.4 is 5.32 Å². The summed E-state index contributed by atoms with van der Waals surface area (Å²) in [5, 5.41) is 4.54. The molecule has 2 aliphatic rings. The van der Waals surface area contributed by atoms with Gasteiger partial charge in [0.15, 0.2) is 0 Å². The maximum Gasteiger partial charge on any atom is 0.258 e. The van der Waals surface area contributed by atoms with Crippen molar-refractivity contribution in [1.29, 1.82) is 0 Å². The highest BCUT2D eigenvalue weighted by molar-refractivity contribution is 6.42. The zero-order valence-electron chi connectivity index (χ0n) is 13.8. The Labute approximate surface area is 157 Å². The van der Waals surface area contributed by atoms with Gasteiger partial charge in [0.05, 0.1) is 15.6 Å². The van der Waals surface area contributed by atoms with Crippen LogP contribution in [0.3, 0.4) is 0 Å². The zero-order valence-corrected chi connectivity index (χ0v) is 15.4. The lowest BCUT2D eigenvalue weighted by atomic mass is 9.91. The number of para-hydroxylation sites is 1. The van der Waals surface area contributed by atoms with E-state index in [0.717, 1.165) is 42.5 Å². The summed E-state index contributed by atoms with van der Waals surface area (Å²) in [7, 11) is 0. The molecule has 1 aliphatic carbocycles. The molecule has 1 heterocycles. The van der Waals surface area contributed by atoms with Crippen LogP contribution in [0.4, 0.5) is 5.69 Å². The van der Waals surface area contributed by atoms with Crippen molar-refractivity contribution in [3.8, 4) is 0 Å².